The predicted octanol–water partition coefficient (Wildman–Crippen LogP) is 3.89. The SMILES string of the molecule is COc1ccc(C(O)CCCc2ccccc2)cc1F. The van der Waals surface area contributed by atoms with Crippen LogP contribution in [0.3, 0.4) is 0 Å². The van der Waals surface area contributed by atoms with E-state index in [2.05, 4.69) is 12.1 Å². The molecule has 3 heteroatoms. The minimum atomic E-state index is -0.640. The van der Waals surface area contributed by atoms with E-state index in [1.54, 1.807) is 12.1 Å². The zero-order chi connectivity index (χ0) is 14.4. The Morgan fingerprint density at radius 2 is 1.90 bits per heavy atom. The molecule has 0 aromatic heterocycles. The van der Waals surface area contributed by atoms with Crippen LogP contribution >= 0.6 is 0 Å². The fraction of sp³-hybridized carbons (Fsp3) is 0.294. The van der Waals surface area contributed by atoms with E-state index in [0.717, 1.165) is 12.8 Å². The first-order chi connectivity index (χ1) is 9.70. The molecule has 0 heterocycles. The van der Waals surface area contributed by atoms with E-state index in [0.29, 0.717) is 12.0 Å². The third-order valence-corrected chi connectivity index (χ3v) is 3.35. The zero-order valence-electron chi connectivity index (χ0n) is 11.6. The fourth-order valence-electron chi connectivity index (χ4n) is 2.20. The van der Waals surface area contributed by atoms with Crippen molar-refractivity contribution in [1.82, 2.24) is 0 Å². The molecule has 0 amide bonds. The minimum absolute atomic E-state index is 0.199. The van der Waals surface area contributed by atoms with E-state index >= 15 is 0 Å². The van der Waals surface area contributed by atoms with Crippen LogP contribution in [0.1, 0.15) is 30.1 Å². The molecular formula is C17H19FO2. The van der Waals surface area contributed by atoms with Gasteiger partial charge in [0.05, 0.1) is 13.2 Å². The van der Waals surface area contributed by atoms with Crippen molar-refractivity contribution < 1.29 is 14.2 Å². The summed E-state index contributed by atoms with van der Waals surface area (Å²) in [6.45, 7) is 0. The van der Waals surface area contributed by atoms with Crippen molar-refractivity contribution in [3.63, 3.8) is 0 Å². The van der Waals surface area contributed by atoms with Crippen molar-refractivity contribution in [2.24, 2.45) is 0 Å². The predicted molar refractivity (Wildman–Crippen MR) is 77.3 cm³/mol. The van der Waals surface area contributed by atoms with Crippen LogP contribution in [-0.2, 0) is 6.42 Å². The van der Waals surface area contributed by atoms with Gasteiger partial charge in [-0.2, -0.15) is 0 Å². The molecule has 106 valence electrons. The summed E-state index contributed by atoms with van der Waals surface area (Å²) in [5.74, 6) is -0.239. The Labute approximate surface area is 118 Å². The number of methoxy groups -OCH3 is 1. The number of aliphatic hydroxyl groups is 1. The summed E-state index contributed by atoms with van der Waals surface area (Å²) < 4.78 is 18.4. The Bertz CT molecular complexity index is 540. The van der Waals surface area contributed by atoms with E-state index in [9.17, 15) is 9.50 Å². The van der Waals surface area contributed by atoms with Gasteiger partial charge in [-0.3, -0.25) is 0 Å². The second-order valence-electron chi connectivity index (χ2n) is 4.79. The molecule has 2 rings (SSSR count). The van der Waals surface area contributed by atoms with Crippen molar-refractivity contribution in [2.45, 2.75) is 25.4 Å². The summed E-state index contributed by atoms with van der Waals surface area (Å²) in [5.41, 5.74) is 1.84. The number of aryl methyl sites for hydroxylation is 1. The lowest BCUT2D eigenvalue weighted by molar-refractivity contribution is 0.164. The second kappa shape index (κ2) is 7.06. The molecule has 0 aliphatic carbocycles. The average Bonchev–Trinajstić information content (AvgIpc) is 2.48. The largest absolute Gasteiger partial charge is 0.494 e. The van der Waals surface area contributed by atoms with Crippen LogP contribution < -0.4 is 4.74 Å². The molecule has 2 nitrogen and oxygen atoms in total. The van der Waals surface area contributed by atoms with Gasteiger partial charge < -0.3 is 9.84 Å². The lowest BCUT2D eigenvalue weighted by Crippen LogP contribution is -2.00. The van der Waals surface area contributed by atoms with Gasteiger partial charge in [0.2, 0.25) is 0 Å². The van der Waals surface area contributed by atoms with Crippen LogP contribution in [0.5, 0.6) is 5.75 Å². The van der Waals surface area contributed by atoms with Crippen LogP contribution in [0.25, 0.3) is 0 Å². The molecule has 0 saturated carbocycles. The molecule has 20 heavy (non-hydrogen) atoms. The van der Waals surface area contributed by atoms with Gasteiger partial charge in [0.1, 0.15) is 0 Å². The topological polar surface area (TPSA) is 29.5 Å². The Morgan fingerprint density at radius 3 is 2.55 bits per heavy atom. The van der Waals surface area contributed by atoms with Gasteiger partial charge in [0, 0.05) is 0 Å². The van der Waals surface area contributed by atoms with E-state index in [4.69, 9.17) is 4.74 Å². The maximum atomic E-state index is 13.6. The number of rotatable bonds is 6. The standard InChI is InChI=1S/C17H19FO2/c1-20-17-11-10-14(12-15(17)18)16(19)9-5-8-13-6-3-2-4-7-13/h2-4,6-7,10-12,16,19H,5,8-9H2,1H3. The Balaban J connectivity index is 1.88. The third-order valence-electron chi connectivity index (χ3n) is 3.35. The first-order valence-corrected chi connectivity index (χ1v) is 6.76. The van der Waals surface area contributed by atoms with Crippen molar-refractivity contribution >= 4 is 0 Å². The summed E-state index contributed by atoms with van der Waals surface area (Å²) in [5, 5.41) is 10.1. The van der Waals surface area contributed by atoms with Crippen LogP contribution in [0.4, 0.5) is 4.39 Å². The molecule has 0 aliphatic rings. The summed E-state index contributed by atoms with van der Waals surface area (Å²) in [4.78, 5) is 0. The molecule has 2 aromatic carbocycles. The highest BCUT2D eigenvalue weighted by atomic mass is 19.1. The monoisotopic (exact) mass is 274 g/mol. The van der Waals surface area contributed by atoms with Crippen LogP contribution in [-0.4, -0.2) is 12.2 Å². The van der Waals surface area contributed by atoms with Gasteiger partial charge in [-0.25, -0.2) is 4.39 Å². The van der Waals surface area contributed by atoms with E-state index in [-0.39, 0.29) is 5.75 Å². The van der Waals surface area contributed by atoms with Crippen molar-refractivity contribution in [2.75, 3.05) is 7.11 Å². The number of benzene rings is 2. The molecule has 1 unspecified atom stereocenters. The highest BCUT2D eigenvalue weighted by Crippen LogP contribution is 2.24. The Morgan fingerprint density at radius 1 is 1.15 bits per heavy atom. The molecule has 0 radical (unpaired) electrons. The third kappa shape index (κ3) is 3.81. The summed E-state index contributed by atoms with van der Waals surface area (Å²) in [6, 6.07) is 14.7. The van der Waals surface area contributed by atoms with Gasteiger partial charge in [-0.15, -0.1) is 0 Å². The lowest BCUT2D eigenvalue weighted by Gasteiger charge is -2.12. The molecule has 1 atom stereocenters. The molecule has 2 aromatic rings. The van der Waals surface area contributed by atoms with Gasteiger partial charge in [-0.1, -0.05) is 36.4 Å². The molecule has 0 spiro atoms. The van der Waals surface area contributed by atoms with E-state index < -0.39 is 11.9 Å². The van der Waals surface area contributed by atoms with Gasteiger partial charge >= 0.3 is 0 Å². The highest BCUT2D eigenvalue weighted by Gasteiger charge is 2.11. The number of hydrogen-bond donors (Lipinski definition) is 1. The highest BCUT2D eigenvalue weighted by molar-refractivity contribution is 5.30. The van der Waals surface area contributed by atoms with Crippen LogP contribution in [0, 0.1) is 5.82 Å². The second-order valence-corrected chi connectivity index (χ2v) is 4.79. The Kier molecular flexibility index (Phi) is 5.13. The van der Waals surface area contributed by atoms with E-state index in [1.807, 2.05) is 18.2 Å². The number of halogens is 1. The van der Waals surface area contributed by atoms with E-state index in [1.165, 1.54) is 18.7 Å². The van der Waals surface area contributed by atoms with Crippen molar-refractivity contribution in [3.05, 3.63) is 65.5 Å². The number of ether oxygens (including phenoxy) is 1. The smallest absolute Gasteiger partial charge is 0.165 e. The number of aliphatic hydroxyl groups excluding tert-OH is 1. The summed E-state index contributed by atoms with van der Waals surface area (Å²) in [6.07, 6.45) is 1.75. The van der Waals surface area contributed by atoms with Crippen molar-refractivity contribution in [1.29, 1.82) is 0 Å². The molecule has 1 N–H and O–H groups in total. The quantitative estimate of drug-likeness (QED) is 0.866. The molecule has 0 fully saturated rings. The van der Waals surface area contributed by atoms with Gasteiger partial charge in [0.15, 0.2) is 11.6 Å². The molecule has 0 bridgehead atoms. The Hall–Kier alpha value is -1.87. The molecular weight excluding hydrogens is 255 g/mol. The minimum Gasteiger partial charge on any atom is -0.494 e. The van der Waals surface area contributed by atoms with Crippen molar-refractivity contribution in [3.8, 4) is 5.75 Å². The summed E-state index contributed by atoms with van der Waals surface area (Å²) >= 11 is 0. The molecule has 0 saturated heterocycles. The van der Waals surface area contributed by atoms with Gasteiger partial charge in [-0.05, 0) is 42.5 Å². The first kappa shape index (κ1) is 14.5. The normalized spacial score (nSPS) is 12.2. The first-order valence-electron chi connectivity index (χ1n) is 6.76. The summed E-state index contributed by atoms with van der Waals surface area (Å²) in [7, 11) is 1.42. The van der Waals surface area contributed by atoms with Crippen LogP contribution in [0.15, 0.2) is 48.5 Å². The maximum Gasteiger partial charge on any atom is 0.165 e. The lowest BCUT2D eigenvalue weighted by atomic mass is 10.0. The van der Waals surface area contributed by atoms with Crippen LogP contribution in [0.2, 0.25) is 0 Å². The average molecular weight is 274 g/mol. The fourth-order valence-corrected chi connectivity index (χ4v) is 2.20. The van der Waals surface area contributed by atoms with Gasteiger partial charge in [0.25, 0.3) is 0 Å². The molecule has 0 aliphatic heterocycles. The number of hydrogen-bond acceptors (Lipinski definition) is 2. The zero-order valence-corrected chi connectivity index (χ0v) is 11.6. The maximum absolute atomic E-state index is 13.6.